The van der Waals surface area contributed by atoms with E-state index in [1.54, 1.807) is 0 Å². The van der Waals surface area contributed by atoms with Gasteiger partial charge in [-0.1, -0.05) is 66.7 Å². The largest absolute Gasteiger partial charge is 0.366 e. The van der Waals surface area contributed by atoms with Gasteiger partial charge in [-0.15, -0.1) is 68.0 Å². The summed E-state index contributed by atoms with van der Waals surface area (Å²) in [6, 6.07) is 59.0. The molecular weight excluding hydrogens is 1170 g/mol. The van der Waals surface area contributed by atoms with Crippen LogP contribution >= 0.6 is 68.0 Å². The SMILES string of the molecule is c1ccc2cc3c(cc2c1)c1ccsc1c1c3c2c3sccc3c3cc4c(-c5cc6c7ccsc7c7c(c6[nH]5)c5c6sccc6c6c[nH]cc6c5c5c6sccc6c6cc[nH]c6c57)cccc4cc3c2c2c3sccc3c3cc4ccccc4cc3c12. The van der Waals surface area contributed by atoms with Gasteiger partial charge in [0.15, 0.2) is 0 Å². The molecule has 9 heterocycles. The Hall–Kier alpha value is -9.42. The van der Waals surface area contributed by atoms with Gasteiger partial charge in [-0.3, -0.25) is 0 Å². The molecular formula is C78H37N3S6. The number of hydrogen-bond acceptors (Lipinski definition) is 6. The molecule has 0 fully saturated rings. The van der Waals surface area contributed by atoms with Crippen LogP contribution in [0.25, 0.3) is 234 Å². The lowest BCUT2D eigenvalue weighted by Gasteiger charge is -2.20. The molecule has 0 saturated heterocycles. The van der Waals surface area contributed by atoms with Gasteiger partial charge in [-0.25, -0.2) is 0 Å². The van der Waals surface area contributed by atoms with Crippen LogP contribution in [0.2, 0.25) is 0 Å². The molecule has 400 valence electrons. The maximum Gasteiger partial charge on any atom is 0.0552 e. The lowest BCUT2D eigenvalue weighted by molar-refractivity contribution is 1.43. The summed E-state index contributed by atoms with van der Waals surface area (Å²) in [5.41, 5.74) is 4.73. The van der Waals surface area contributed by atoms with Crippen molar-refractivity contribution in [2.45, 2.75) is 0 Å². The third-order valence-corrected chi connectivity index (χ3v) is 25.7. The highest BCUT2D eigenvalue weighted by Gasteiger charge is 2.29. The van der Waals surface area contributed by atoms with Gasteiger partial charge in [0.25, 0.3) is 0 Å². The zero-order valence-corrected chi connectivity index (χ0v) is 50.5. The first-order valence-corrected chi connectivity index (χ1v) is 34.7. The number of hydrogen-bond donors (Lipinski definition) is 3. The second-order valence-electron chi connectivity index (χ2n) is 23.9. The zero-order chi connectivity index (χ0) is 55.8. The number of H-pyrrole nitrogens is 3. The molecule has 0 radical (unpaired) electrons. The van der Waals surface area contributed by atoms with Crippen molar-refractivity contribution in [1.29, 1.82) is 0 Å². The van der Waals surface area contributed by atoms with Gasteiger partial charge in [0, 0.05) is 177 Å². The minimum atomic E-state index is 1.13. The van der Waals surface area contributed by atoms with Crippen LogP contribution in [-0.4, -0.2) is 15.0 Å². The first kappa shape index (κ1) is 45.9. The van der Waals surface area contributed by atoms with Crippen molar-refractivity contribution in [3.05, 3.63) is 203 Å². The van der Waals surface area contributed by atoms with Crippen LogP contribution in [0, 0.1) is 0 Å². The highest BCUT2D eigenvalue weighted by atomic mass is 32.1. The molecule has 14 aromatic carbocycles. The van der Waals surface area contributed by atoms with E-state index in [2.05, 4.69) is 217 Å². The molecule has 3 N–H and O–H groups in total. The molecule has 0 aliphatic heterocycles. The maximum absolute atomic E-state index is 4.30. The Balaban J connectivity index is 0.897. The van der Waals surface area contributed by atoms with Crippen LogP contribution in [0.15, 0.2) is 203 Å². The molecule has 0 bridgehead atoms. The summed E-state index contributed by atoms with van der Waals surface area (Å²) in [4.78, 5) is 11.7. The van der Waals surface area contributed by atoms with E-state index >= 15 is 0 Å². The molecule has 9 aromatic heterocycles. The summed E-state index contributed by atoms with van der Waals surface area (Å²) >= 11 is 11.3. The number of aromatic amines is 3. The molecule has 0 atom stereocenters. The van der Waals surface area contributed by atoms with Crippen molar-refractivity contribution < 1.29 is 0 Å². The molecule has 0 amide bonds. The third kappa shape index (κ3) is 5.49. The minimum Gasteiger partial charge on any atom is -0.366 e. The summed E-state index contributed by atoms with van der Waals surface area (Å²) in [5.74, 6) is 0. The van der Waals surface area contributed by atoms with Crippen LogP contribution < -0.4 is 0 Å². The van der Waals surface area contributed by atoms with E-state index < -0.39 is 0 Å². The number of fused-ring (bicyclic) bond motifs is 45. The maximum atomic E-state index is 4.30. The van der Waals surface area contributed by atoms with Crippen molar-refractivity contribution in [3.8, 4) is 11.3 Å². The van der Waals surface area contributed by atoms with Gasteiger partial charge in [-0.2, -0.15) is 0 Å². The van der Waals surface area contributed by atoms with Crippen molar-refractivity contribution in [1.82, 2.24) is 15.0 Å². The van der Waals surface area contributed by atoms with Crippen molar-refractivity contribution in [2.24, 2.45) is 0 Å². The number of rotatable bonds is 1. The van der Waals surface area contributed by atoms with E-state index in [4.69, 9.17) is 0 Å². The molecule has 23 aromatic rings. The van der Waals surface area contributed by atoms with Gasteiger partial charge in [0.05, 0.1) is 11.0 Å². The van der Waals surface area contributed by atoms with Gasteiger partial charge in [0.1, 0.15) is 0 Å². The van der Waals surface area contributed by atoms with Gasteiger partial charge in [0.2, 0.25) is 0 Å². The highest BCUT2D eigenvalue weighted by molar-refractivity contribution is 7.21. The summed E-state index contributed by atoms with van der Waals surface area (Å²) in [7, 11) is 0. The van der Waals surface area contributed by atoms with Crippen LogP contribution in [0.5, 0.6) is 0 Å². The van der Waals surface area contributed by atoms with Gasteiger partial charge in [-0.05, 0) is 182 Å². The average molecular weight is 1210 g/mol. The average Bonchev–Trinajstić information content (AvgIpc) is 1.74. The zero-order valence-electron chi connectivity index (χ0n) is 45.6. The van der Waals surface area contributed by atoms with Gasteiger partial charge < -0.3 is 15.0 Å². The van der Waals surface area contributed by atoms with Crippen LogP contribution in [0.3, 0.4) is 0 Å². The first-order chi connectivity index (χ1) is 43.2. The fraction of sp³-hybridized carbons (Fsp3) is 0. The molecule has 87 heavy (non-hydrogen) atoms. The van der Waals surface area contributed by atoms with Crippen molar-refractivity contribution in [3.63, 3.8) is 0 Å². The summed E-state index contributed by atoms with van der Waals surface area (Å²) in [6.07, 6.45) is 6.60. The molecule has 0 aliphatic carbocycles. The van der Waals surface area contributed by atoms with E-state index in [1.165, 1.54) is 228 Å². The van der Waals surface area contributed by atoms with E-state index in [0.29, 0.717) is 0 Å². The molecule has 0 spiro atoms. The minimum absolute atomic E-state index is 1.13. The normalized spacial score (nSPS) is 13.1. The van der Waals surface area contributed by atoms with Crippen LogP contribution in [0.4, 0.5) is 0 Å². The summed E-state index contributed by atoms with van der Waals surface area (Å²) in [5, 5.41) is 58.4. The quantitative estimate of drug-likeness (QED) is 0.108. The predicted molar refractivity (Wildman–Crippen MR) is 390 cm³/mol. The van der Waals surface area contributed by atoms with E-state index in [9.17, 15) is 0 Å². The van der Waals surface area contributed by atoms with Crippen molar-refractivity contribution in [2.75, 3.05) is 0 Å². The molecule has 23 rings (SSSR count). The van der Waals surface area contributed by atoms with E-state index in [0.717, 1.165) is 5.69 Å². The number of nitrogens with one attached hydrogen (secondary N) is 3. The van der Waals surface area contributed by atoms with Crippen molar-refractivity contribution >= 4 is 290 Å². The second kappa shape index (κ2) is 16.0. The molecule has 0 saturated carbocycles. The Morgan fingerprint density at radius 3 is 1.16 bits per heavy atom. The lowest BCUT2D eigenvalue weighted by Crippen LogP contribution is -1.92. The standard InChI is InChI=1S/C78H37N3S6/c1-3-8-37-28-52-50(27-36(37)7-1)44-15-22-84-75(44)66-59(52)65-60(53-29-38-9-4-2-6-35(38)26-49(53)43-14-21-83-74(43)65)67-61(66)54-30-39-10-5-11-40(48(39)31-51(54)45-16-23-85-76(45)67)58-32-55-46-17-24-86-77(46)70-63-68(73-42(13-20-82-73)41-12-19-80-71(41)63)62-57-34-79-33-56(57)47-18-25-87-78(47)69(62)64(70)72(55)81-58/h1-34,79-81H. The molecule has 0 aliphatic rings. The summed E-state index contributed by atoms with van der Waals surface area (Å²) < 4.78 is 8.07. The monoisotopic (exact) mass is 1210 g/mol. The second-order valence-corrected chi connectivity index (χ2v) is 29.4. The first-order valence-electron chi connectivity index (χ1n) is 29.4. The Kier molecular flexibility index (Phi) is 8.41. The summed E-state index contributed by atoms with van der Waals surface area (Å²) in [6.45, 7) is 0. The van der Waals surface area contributed by atoms with Crippen LogP contribution in [0.1, 0.15) is 0 Å². The predicted octanol–water partition coefficient (Wildman–Crippen LogP) is 25.9. The number of benzene rings is 14. The molecule has 3 nitrogen and oxygen atoms in total. The Bertz CT molecular complexity index is 7030. The van der Waals surface area contributed by atoms with E-state index in [1.807, 2.05) is 68.0 Å². The van der Waals surface area contributed by atoms with Crippen LogP contribution in [-0.2, 0) is 0 Å². The number of thiophene rings is 6. The van der Waals surface area contributed by atoms with E-state index in [-0.39, 0.29) is 0 Å². The third-order valence-electron chi connectivity index (χ3n) is 20.1. The lowest BCUT2D eigenvalue weighted by atomic mass is 9.83. The Morgan fingerprint density at radius 2 is 0.632 bits per heavy atom. The topological polar surface area (TPSA) is 47.4 Å². The molecule has 0 unspecified atom stereocenters. The highest BCUT2D eigenvalue weighted by Crippen LogP contribution is 2.58. The fourth-order valence-electron chi connectivity index (χ4n) is 16.7. The fourth-order valence-corrected chi connectivity index (χ4v) is 22.5. The smallest absolute Gasteiger partial charge is 0.0552 e. The Labute approximate surface area is 514 Å². The Morgan fingerprint density at radius 1 is 0.241 bits per heavy atom. The number of aromatic nitrogens is 3. The molecule has 9 heteroatoms. The van der Waals surface area contributed by atoms with Gasteiger partial charge >= 0.3 is 0 Å².